The van der Waals surface area contributed by atoms with Gasteiger partial charge in [-0.15, -0.1) is 0 Å². The summed E-state index contributed by atoms with van der Waals surface area (Å²) in [6, 6.07) is 6.85. The van der Waals surface area contributed by atoms with Crippen molar-refractivity contribution >= 4 is 17.5 Å². The molecule has 18 heavy (non-hydrogen) atoms. The van der Waals surface area contributed by atoms with E-state index in [1.807, 2.05) is 6.92 Å². The molecule has 0 radical (unpaired) electrons. The summed E-state index contributed by atoms with van der Waals surface area (Å²) in [5, 5.41) is 6.84. The molecule has 0 aliphatic carbocycles. The summed E-state index contributed by atoms with van der Waals surface area (Å²) >= 11 is 5.92. The van der Waals surface area contributed by atoms with Crippen LogP contribution in [0.25, 0.3) is 0 Å². The lowest BCUT2D eigenvalue weighted by molar-refractivity contribution is 0.0950. The standard InChI is InChI=1S/C12H12ClN3O2/c1-2-11-15-10(16-18-11)7-14-12(17)8-5-3-4-6-9(8)13/h3-6H,2,7H2,1H3,(H,14,17). The van der Waals surface area contributed by atoms with Crippen molar-refractivity contribution < 1.29 is 9.32 Å². The topological polar surface area (TPSA) is 68.0 Å². The molecule has 0 saturated carbocycles. The van der Waals surface area contributed by atoms with E-state index >= 15 is 0 Å². The molecule has 6 heteroatoms. The van der Waals surface area contributed by atoms with Crippen LogP contribution < -0.4 is 5.32 Å². The number of aromatic nitrogens is 2. The van der Waals surface area contributed by atoms with Crippen molar-refractivity contribution in [2.24, 2.45) is 0 Å². The van der Waals surface area contributed by atoms with Crippen LogP contribution in [0, 0.1) is 0 Å². The Morgan fingerprint density at radius 1 is 1.44 bits per heavy atom. The summed E-state index contributed by atoms with van der Waals surface area (Å²) in [5.41, 5.74) is 0.429. The van der Waals surface area contributed by atoms with E-state index in [0.29, 0.717) is 28.7 Å². The Labute approximate surface area is 109 Å². The van der Waals surface area contributed by atoms with E-state index in [1.165, 1.54) is 0 Å². The first-order valence-corrected chi connectivity index (χ1v) is 5.92. The molecule has 0 atom stereocenters. The second-order valence-corrected chi connectivity index (χ2v) is 4.03. The lowest BCUT2D eigenvalue weighted by Gasteiger charge is -2.03. The molecule has 1 N–H and O–H groups in total. The molecule has 0 aliphatic heterocycles. The van der Waals surface area contributed by atoms with E-state index < -0.39 is 0 Å². The first-order chi connectivity index (χ1) is 8.70. The number of nitrogens with one attached hydrogen (secondary N) is 1. The van der Waals surface area contributed by atoms with Gasteiger partial charge in [0.15, 0.2) is 5.82 Å². The van der Waals surface area contributed by atoms with Crippen LogP contribution in [-0.2, 0) is 13.0 Å². The van der Waals surface area contributed by atoms with Crippen LogP contribution in [0.5, 0.6) is 0 Å². The Bertz CT molecular complexity index is 554. The van der Waals surface area contributed by atoms with Crippen molar-refractivity contribution in [3.8, 4) is 0 Å². The molecule has 1 heterocycles. The fraction of sp³-hybridized carbons (Fsp3) is 0.250. The maximum Gasteiger partial charge on any atom is 0.253 e. The number of aryl methyl sites for hydroxylation is 1. The van der Waals surface area contributed by atoms with Gasteiger partial charge >= 0.3 is 0 Å². The first kappa shape index (κ1) is 12.6. The summed E-state index contributed by atoms with van der Waals surface area (Å²) in [6.45, 7) is 2.13. The Morgan fingerprint density at radius 3 is 2.89 bits per heavy atom. The molecule has 0 fully saturated rings. The SMILES string of the molecule is CCc1nc(CNC(=O)c2ccccc2Cl)no1. The molecule has 1 aromatic carbocycles. The third-order valence-electron chi connectivity index (χ3n) is 2.34. The summed E-state index contributed by atoms with van der Waals surface area (Å²) in [7, 11) is 0. The minimum absolute atomic E-state index is 0.216. The van der Waals surface area contributed by atoms with Crippen LogP contribution in [-0.4, -0.2) is 16.0 Å². The highest BCUT2D eigenvalue weighted by Crippen LogP contribution is 2.14. The Balaban J connectivity index is 1.98. The zero-order valence-corrected chi connectivity index (χ0v) is 10.6. The maximum atomic E-state index is 11.8. The minimum Gasteiger partial charge on any atom is -0.345 e. The van der Waals surface area contributed by atoms with Crippen LogP contribution in [0.1, 0.15) is 29.0 Å². The smallest absolute Gasteiger partial charge is 0.253 e. The van der Waals surface area contributed by atoms with Crippen molar-refractivity contribution in [2.75, 3.05) is 0 Å². The third kappa shape index (κ3) is 2.87. The van der Waals surface area contributed by atoms with Crippen molar-refractivity contribution in [1.29, 1.82) is 0 Å². The quantitative estimate of drug-likeness (QED) is 0.920. The monoisotopic (exact) mass is 265 g/mol. The van der Waals surface area contributed by atoms with Gasteiger partial charge in [0.2, 0.25) is 5.89 Å². The number of hydrogen-bond acceptors (Lipinski definition) is 4. The summed E-state index contributed by atoms with van der Waals surface area (Å²) in [6.07, 6.45) is 0.672. The molecular weight excluding hydrogens is 254 g/mol. The van der Waals surface area contributed by atoms with Gasteiger partial charge in [0.1, 0.15) is 0 Å². The van der Waals surface area contributed by atoms with Crippen LogP contribution >= 0.6 is 11.6 Å². The summed E-state index contributed by atoms with van der Waals surface area (Å²) in [4.78, 5) is 15.9. The van der Waals surface area contributed by atoms with E-state index in [9.17, 15) is 4.79 Å². The second-order valence-electron chi connectivity index (χ2n) is 3.62. The van der Waals surface area contributed by atoms with Crippen LogP contribution in [0.4, 0.5) is 0 Å². The van der Waals surface area contributed by atoms with Gasteiger partial charge in [0.05, 0.1) is 17.1 Å². The average Bonchev–Trinajstić information content (AvgIpc) is 2.84. The van der Waals surface area contributed by atoms with Crippen LogP contribution in [0.15, 0.2) is 28.8 Å². The summed E-state index contributed by atoms with van der Waals surface area (Å²) in [5.74, 6) is 0.743. The highest BCUT2D eigenvalue weighted by molar-refractivity contribution is 6.33. The molecule has 0 spiro atoms. The molecule has 2 rings (SSSR count). The van der Waals surface area contributed by atoms with Gasteiger partial charge in [0, 0.05) is 6.42 Å². The highest BCUT2D eigenvalue weighted by Gasteiger charge is 2.11. The Morgan fingerprint density at radius 2 is 2.22 bits per heavy atom. The van der Waals surface area contributed by atoms with Gasteiger partial charge < -0.3 is 9.84 Å². The van der Waals surface area contributed by atoms with Gasteiger partial charge in [-0.1, -0.05) is 35.8 Å². The number of carbonyl (C=O) groups excluding carboxylic acids is 1. The number of amides is 1. The predicted molar refractivity (Wildman–Crippen MR) is 66.3 cm³/mol. The Kier molecular flexibility index (Phi) is 3.94. The van der Waals surface area contributed by atoms with Crippen molar-refractivity contribution in [3.63, 3.8) is 0 Å². The van der Waals surface area contributed by atoms with Crippen molar-refractivity contribution in [1.82, 2.24) is 15.5 Å². The lowest BCUT2D eigenvalue weighted by atomic mass is 10.2. The molecule has 2 aromatic rings. The maximum absolute atomic E-state index is 11.8. The number of halogens is 1. The van der Waals surface area contributed by atoms with Crippen molar-refractivity contribution in [3.05, 3.63) is 46.6 Å². The normalized spacial score (nSPS) is 10.3. The van der Waals surface area contributed by atoms with E-state index in [4.69, 9.17) is 16.1 Å². The van der Waals surface area contributed by atoms with Gasteiger partial charge in [0.25, 0.3) is 5.91 Å². The van der Waals surface area contributed by atoms with Crippen molar-refractivity contribution in [2.45, 2.75) is 19.9 Å². The highest BCUT2D eigenvalue weighted by atomic mass is 35.5. The zero-order chi connectivity index (χ0) is 13.0. The summed E-state index contributed by atoms with van der Waals surface area (Å²) < 4.78 is 4.94. The molecule has 0 unspecified atom stereocenters. The lowest BCUT2D eigenvalue weighted by Crippen LogP contribution is -2.23. The molecule has 0 bridgehead atoms. The fourth-order valence-electron chi connectivity index (χ4n) is 1.41. The van der Waals surface area contributed by atoms with Gasteiger partial charge in [-0.2, -0.15) is 4.98 Å². The first-order valence-electron chi connectivity index (χ1n) is 5.55. The third-order valence-corrected chi connectivity index (χ3v) is 2.67. The molecule has 1 amide bonds. The number of benzene rings is 1. The van der Waals surface area contributed by atoms with E-state index in [-0.39, 0.29) is 12.5 Å². The van der Waals surface area contributed by atoms with E-state index in [1.54, 1.807) is 24.3 Å². The molecular formula is C12H12ClN3O2. The number of carbonyl (C=O) groups is 1. The fourth-order valence-corrected chi connectivity index (χ4v) is 1.63. The largest absolute Gasteiger partial charge is 0.345 e. The van der Waals surface area contributed by atoms with Crippen LogP contribution in [0.3, 0.4) is 0 Å². The molecule has 0 saturated heterocycles. The Hall–Kier alpha value is -1.88. The molecule has 0 aliphatic rings. The second kappa shape index (κ2) is 5.64. The van der Waals surface area contributed by atoms with E-state index in [0.717, 1.165) is 0 Å². The predicted octanol–water partition coefficient (Wildman–Crippen LogP) is 2.22. The van der Waals surface area contributed by atoms with Gasteiger partial charge in [-0.05, 0) is 12.1 Å². The number of rotatable bonds is 4. The molecule has 1 aromatic heterocycles. The van der Waals surface area contributed by atoms with E-state index in [2.05, 4.69) is 15.5 Å². The zero-order valence-electron chi connectivity index (χ0n) is 9.81. The number of hydrogen-bond donors (Lipinski definition) is 1. The van der Waals surface area contributed by atoms with Crippen LogP contribution in [0.2, 0.25) is 5.02 Å². The average molecular weight is 266 g/mol. The molecule has 94 valence electrons. The van der Waals surface area contributed by atoms with Gasteiger partial charge in [-0.25, -0.2) is 0 Å². The minimum atomic E-state index is -0.261. The molecule has 5 nitrogen and oxygen atoms in total. The number of nitrogens with zero attached hydrogens (tertiary/aromatic N) is 2. The van der Waals surface area contributed by atoms with Gasteiger partial charge in [-0.3, -0.25) is 4.79 Å².